The third kappa shape index (κ3) is 3.81. The van der Waals surface area contributed by atoms with E-state index in [2.05, 4.69) is 20.2 Å². The Morgan fingerprint density at radius 3 is 2.71 bits per heavy atom. The van der Waals surface area contributed by atoms with Crippen LogP contribution in [0, 0.1) is 0 Å². The van der Waals surface area contributed by atoms with E-state index in [1.165, 1.54) is 11.8 Å². The van der Waals surface area contributed by atoms with Crippen molar-refractivity contribution < 1.29 is 13.2 Å². The van der Waals surface area contributed by atoms with E-state index in [0.717, 1.165) is 15.9 Å². The summed E-state index contributed by atoms with van der Waals surface area (Å²) in [5.41, 5.74) is 1.74. The molecule has 0 saturated heterocycles. The van der Waals surface area contributed by atoms with Crippen LogP contribution in [0.3, 0.4) is 0 Å². The summed E-state index contributed by atoms with van der Waals surface area (Å²) in [5, 5.41) is 9.19. The monoisotopic (exact) mass is 438 g/mol. The molecule has 4 heterocycles. The van der Waals surface area contributed by atoms with Crippen LogP contribution >= 0.6 is 11.8 Å². The average molecular weight is 438 g/mol. The lowest BCUT2D eigenvalue weighted by Gasteiger charge is -2.10. The minimum atomic E-state index is -2.69. The van der Waals surface area contributed by atoms with Crippen LogP contribution in [0.2, 0.25) is 0 Å². The van der Waals surface area contributed by atoms with Crippen molar-refractivity contribution >= 4 is 22.8 Å². The highest BCUT2D eigenvalue weighted by Crippen LogP contribution is 2.30. The summed E-state index contributed by atoms with van der Waals surface area (Å²) in [7, 11) is 0. The Bertz CT molecular complexity index is 1300. The van der Waals surface area contributed by atoms with Gasteiger partial charge in [0.1, 0.15) is 11.6 Å². The van der Waals surface area contributed by atoms with E-state index in [1.807, 2.05) is 22.8 Å². The molecule has 156 valence electrons. The van der Waals surface area contributed by atoms with E-state index in [4.69, 9.17) is 4.42 Å². The molecule has 7 nitrogen and oxygen atoms in total. The number of rotatable bonds is 7. The van der Waals surface area contributed by atoms with Gasteiger partial charge in [-0.1, -0.05) is 23.9 Å². The van der Waals surface area contributed by atoms with Crippen molar-refractivity contribution in [3.05, 3.63) is 78.8 Å². The van der Waals surface area contributed by atoms with Crippen LogP contribution in [0.4, 0.5) is 8.78 Å². The van der Waals surface area contributed by atoms with Gasteiger partial charge in [0, 0.05) is 18.0 Å². The first-order chi connectivity index (χ1) is 15.2. The minimum absolute atomic E-state index is 0.211. The van der Waals surface area contributed by atoms with Crippen LogP contribution in [0.15, 0.2) is 76.8 Å². The predicted molar refractivity (Wildman–Crippen MR) is 112 cm³/mol. The Balaban J connectivity index is 1.49. The van der Waals surface area contributed by atoms with Crippen LogP contribution in [0.5, 0.6) is 0 Å². The molecule has 1 aromatic carbocycles. The zero-order valence-corrected chi connectivity index (χ0v) is 16.9. The Morgan fingerprint density at radius 1 is 1.03 bits per heavy atom. The molecule has 0 aliphatic carbocycles. The maximum Gasteiger partial charge on any atom is 0.320 e. The molecule has 0 unspecified atom stereocenters. The number of benzene rings is 1. The lowest BCUT2D eigenvalue weighted by atomic mass is 10.2. The van der Waals surface area contributed by atoms with Crippen molar-refractivity contribution in [2.24, 2.45) is 0 Å². The van der Waals surface area contributed by atoms with Gasteiger partial charge in [0.2, 0.25) is 0 Å². The van der Waals surface area contributed by atoms with Gasteiger partial charge in [0.15, 0.2) is 11.0 Å². The van der Waals surface area contributed by atoms with Crippen molar-refractivity contribution in [2.45, 2.75) is 24.0 Å². The van der Waals surface area contributed by atoms with Crippen LogP contribution in [0.1, 0.15) is 18.1 Å². The molecule has 0 amide bonds. The number of nitrogens with zero attached hydrogens (tertiary/aromatic N) is 6. The fourth-order valence-corrected chi connectivity index (χ4v) is 4.22. The minimum Gasteiger partial charge on any atom is -0.467 e. The quantitative estimate of drug-likeness (QED) is 0.332. The summed E-state index contributed by atoms with van der Waals surface area (Å²) < 4.78 is 35.8. The summed E-state index contributed by atoms with van der Waals surface area (Å²) in [6, 6.07) is 14.2. The smallest absolute Gasteiger partial charge is 0.320 e. The maximum absolute atomic E-state index is 13.7. The van der Waals surface area contributed by atoms with Gasteiger partial charge in [-0.15, -0.1) is 10.2 Å². The van der Waals surface area contributed by atoms with Gasteiger partial charge in [0.25, 0.3) is 0 Å². The van der Waals surface area contributed by atoms with E-state index < -0.39 is 6.55 Å². The summed E-state index contributed by atoms with van der Waals surface area (Å²) in [5.74, 6) is 1.83. The molecule has 5 rings (SSSR count). The van der Waals surface area contributed by atoms with Crippen molar-refractivity contribution in [3.8, 4) is 11.4 Å². The van der Waals surface area contributed by atoms with Crippen LogP contribution in [-0.2, 0) is 12.3 Å². The van der Waals surface area contributed by atoms with Crippen molar-refractivity contribution in [1.29, 1.82) is 0 Å². The normalized spacial score (nSPS) is 11.6. The van der Waals surface area contributed by atoms with Gasteiger partial charge < -0.3 is 4.42 Å². The van der Waals surface area contributed by atoms with E-state index in [9.17, 15) is 8.78 Å². The summed E-state index contributed by atoms with van der Waals surface area (Å²) in [6.45, 7) is -2.28. The number of thioether (sulfide) groups is 1. The Labute approximate surface area is 179 Å². The first kappa shape index (κ1) is 19.4. The molecule has 31 heavy (non-hydrogen) atoms. The van der Waals surface area contributed by atoms with Gasteiger partial charge in [-0.2, -0.15) is 8.78 Å². The highest BCUT2D eigenvalue weighted by atomic mass is 32.2. The molecule has 0 aliphatic rings. The fourth-order valence-electron chi connectivity index (χ4n) is 3.35. The zero-order chi connectivity index (χ0) is 21.2. The first-order valence-electron chi connectivity index (χ1n) is 9.43. The van der Waals surface area contributed by atoms with E-state index in [1.54, 1.807) is 49.0 Å². The molecule has 0 N–H and O–H groups in total. The highest BCUT2D eigenvalue weighted by Gasteiger charge is 2.20. The molecule has 10 heteroatoms. The number of hydrogen-bond donors (Lipinski definition) is 0. The number of imidazole rings is 1. The van der Waals surface area contributed by atoms with Crippen molar-refractivity contribution in [3.63, 3.8) is 0 Å². The number of furan rings is 1. The van der Waals surface area contributed by atoms with E-state index >= 15 is 0 Å². The molecule has 0 fully saturated rings. The molecule has 0 spiro atoms. The third-order valence-electron chi connectivity index (χ3n) is 4.73. The lowest BCUT2D eigenvalue weighted by molar-refractivity contribution is 0.0722. The standard InChI is InChI=1S/C21H16F2N6OS/c22-20(23)29-17-8-2-1-7-16(17)25-18(29)13-31-21-27-26-19(14-5-3-9-24-11-14)28(21)12-15-6-4-10-30-15/h1-11,20H,12-13H2. The second-order valence-electron chi connectivity index (χ2n) is 6.67. The maximum atomic E-state index is 13.7. The summed E-state index contributed by atoms with van der Waals surface area (Å²) in [4.78, 5) is 8.54. The molecule has 0 bridgehead atoms. The van der Waals surface area contributed by atoms with Crippen LogP contribution in [0.25, 0.3) is 22.4 Å². The fraction of sp³-hybridized carbons (Fsp3) is 0.143. The second kappa shape index (κ2) is 8.31. The van der Waals surface area contributed by atoms with Crippen LogP contribution in [-0.4, -0.2) is 29.3 Å². The molecule has 0 radical (unpaired) electrons. The lowest BCUT2D eigenvalue weighted by Crippen LogP contribution is -2.06. The number of alkyl halides is 2. The molecule has 0 atom stereocenters. The number of fused-ring (bicyclic) bond motifs is 1. The average Bonchev–Trinajstić information content (AvgIpc) is 3.52. The predicted octanol–water partition coefficient (Wildman–Crippen LogP) is 5.02. The van der Waals surface area contributed by atoms with Gasteiger partial charge >= 0.3 is 6.55 Å². The number of hydrogen-bond acceptors (Lipinski definition) is 6. The topological polar surface area (TPSA) is 74.6 Å². The van der Waals surface area contributed by atoms with Crippen LogP contribution < -0.4 is 0 Å². The Morgan fingerprint density at radius 2 is 1.94 bits per heavy atom. The van der Waals surface area contributed by atoms with Crippen molar-refractivity contribution in [2.75, 3.05) is 0 Å². The number of aromatic nitrogens is 6. The van der Waals surface area contributed by atoms with E-state index in [-0.39, 0.29) is 11.6 Å². The van der Waals surface area contributed by atoms with Crippen molar-refractivity contribution in [1.82, 2.24) is 29.3 Å². The molecule has 4 aromatic heterocycles. The Hall–Kier alpha value is -3.53. The zero-order valence-electron chi connectivity index (χ0n) is 16.1. The van der Waals surface area contributed by atoms with Gasteiger partial charge in [-0.05, 0) is 36.4 Å². The number of pyridine rings is 1. The van der Waals surface area contributed by atoms with Gasteiger partial charge in [-0.25, -0.2) is 4.98 Å². The third-order valence-corrected chi connectivity index (χ3v) is 5.69. The van der Waals surface area contributed by atoms with E-state index in [0.29, 0.717) is 28.6 Å². The SMILES string of the molecule is FC(F)n1c(CSc2nnc(-c3cccnc3)n2Cc2ccco2)nc2ccccc21. The van der Waals surface area contributed by atoms with Gasteiger partial charge in [-0.3, -0.25) is 14.1 Å². The molecule has 0 aliphatic heterocycles. The second-order valence-corrected chi connectivity index (χ2v) is 7.61. The Kier molecular flexibility index (Phi) is 5.21. The molecular formula is C21H16F2N6OS. The molecular weight excluding hydrogens is 422 g/mol. The summed E-state index contributed by atoms with van der Waals surface area (Å²) >= 11 is 1.29. The highest BCUT2D eigenvalue weighted by molar-refractivity contribution is 7.98. The molecule has 0 saturated carbocycles. The van der Waals surface area contributed by atoms with Gasteiger partial charge in [0.05, 0.1) is 29.6 Å². The number of para-hydroxylation sites is 2. The first-order valence-corrected chi connectivity index (χ1v) is 10.4. The molecule has 5 aromatic rings. The number of halogens is 2. The summed E-state index contributed by atoms with van der Waals surface area (Å²) in [6.07, 6.45) is 4.98. The largest absolute Gasteiger partial charge is 0.467 e.